The lowest BCUT2D eigenvalue weighted by Gasteiger charge is -2.25. The van der Waals surface area contributed by atoms with Gasteiger partial charge in [0, 0.05) is 5.39 Å². The van der Waals surface area contributed by atoms with E-state index < -0.39 is 0 Å². The predicted octanol–water partition coefficient (Wildman–Crippen LogP) is 3.12. The molecule has 0 saturated heterocycles. The highest BCUT2D eigenvalue weighted by molar-refractivity contribution is 5.78. The van der Waals surface area contributed by atoms with Crippen LogP contribution in [0.5, 0.6) is 0 Å². The third kappa shape index (κ3) is 2.03. The highest BCUT2D eigenvalue weighted by atomic mass is 15.3. The molecule has 2 unspecified atom stereocenters. The van der Waals surface area contributed by atoms with E-state index in [0.717, 1.165) is 6.54 Å². The van der Waals surface area contributed by atoms with Crippen molar-refractivity contribution in [1.29, 1.82) is 0 Å². The van der Waals surface area contributed by atoms with Crippen molar-refractivity contribution < 1.29 is 0 Å². The molecular formula is C15H21N3. The molecule has 1 aliphatic rings. The maximum atomic E-state index is 5.97. The molecule has 1 aromatic heterocycles. The number of para-hydroxylation sites is 1. The Morgan fingerprint density at radius 3 is 2.89 bits per heavy atom. The van der Waals surface area contributed by atoms with Gasteiger partial charge in [-0.15, -0.1) is 0 Å². The van der Waals surface area contributed by atoms with Crippen LogP contribution in [0.1, 0.15) is 38.1 Å². The molecule has 1 fully saturated rings. The van der Waals surface area contributed by atoms with Gasteiger partial charge in [-0.05, 0) is 31.4 Å². The van der Waals surface area contributed by atoms with Gasteiger partial charge in [0.1, 0.15) is 0 Å². The minimum absolute atomic E-state index is 0.484. The van der Waals surface area contributed by atoms with Crippen LogP contribution in [0.3, 0.4) is 0 Å². The molecule has 0 bridgehead atoms. The van der Waals surface area contributed by atoms with E-state index in [9.17, 15) is 0 Å². The molecule has 0 aliphatic heterocycles. The third-order valence-corrected chi connectivity index (χ3v) is 4.24. The SMILES string of the molecule is NCC1CCCCCC1n1ncc2ccccc21. The first kappa shape index (κ1) is 11.7. The van der Waals surface area contributed by atoms with E-state index in [1.54, 1.807) is 0 Å². The van der Waals surface area contributed by atoms with Crippen molar-refractivity contribution in [3.8, 4) is 0 Å². The molecule has 1 saturated carbocycles. The minimum Gasteiger partial charge on any atom is -0.330 e. The summed E-state index contributed by atoms with van der Waals surface area (Å²) in [6.45, 7) is 0.777. The van der Waals surface area contributed by atoms with Gasteiger partial charge in [0.2, 0.25) is 0 Å². The van der Waals surface area contributed by atoms with Crippen molar-refractivity contribution in [2.75, 3.05) is 6.54 Å². The van der Waals surface area contributed by atoms with Gasteiger partial charge in [0.25, 0.3) is 0 Å². The molecule has 96 valence electrons. The summed E-state index contributed by atoms with van der Waals surface area (Å²) >= 11 is 0. The number of nitrogens with two attached hydrogens (primary N) is 1. The quantitative estimate of drug-likeness (QED) is 0.824. The Balaban J connectivity index is 2.00. The number of hydrogen-bond acceptors (Lipinski definition) is 2. The van der Waals surface area contributed by atoms with Crippen LogP contribution in [0, 0.1) is 5.92 Å². The Morgan fingerprint density at radius 1 is 1.17 bits per heavy atom. The summed E-state index contributed by atoms with van der Waals surface area (Å²) in [7, 11) is 0. The van der Waals surface area contributed by atoms with E-state index in [1.807, 2.05) is 6.20 Å². The fourth-order valence-electron chi connectivity index (χ4n) is 3.22. The molecule has 3 heteroatoms. The molecule has 1 heterocycles. The number of nitrogens with zero attached hydrogens (tertiary/aromatic N) is 2. The van der Waals surface area contributed by atoms with Crippen LogP contribution in [0.25, 0.3) is 10.9 Å². The van der Waals surface area contributed by atoms with Crippen LogP contribution >= 0.6 is 0 Å². The van der Waals surface area contributed by atoms with E-state index in [0.29, 0.717) is 12.0 Å². The summed E-state index contributed by atoms with van der Waals surface area (Å²) in [4.78, 5) is 0. The topological polar surface area (TPSA) is 43.8 Å². The summed E-state index contributed by atoms with van der Waals surface area (Å²) in [5.74, 6) is 0.579. The second-order valence-corrected chi connectivity index (χ2v) is 5.35. The zero-order valence-electron chi connectivity index (χ0n) is 10.8. The van der Waals surface area contributed by atoms with Gasteiger partial charge in [0.15, 0.2) is 0 Å². The summed E-state index contributed by atoms with van der Waals surface area (Å²) in [6, 6.07) is 8.95. The molecule has 2 atom stereocenters. The highest BCUT2D eigenvalue weighted by Crippen LogP contribution is 2.33. The van der Waals surface area contributed by atoms with Gasteiger partial charge in [-0.3, -0.25) is 4.68 Å². The van der Waals surface area contributed by atoms with Crippen LogP contribution < -0.4 is 5.73 Å². The third-order valence-electron chi connectivity index (χ3n) is 4.24. The van der Waals surface area contributed by atoms with Gasteiger partial charge >= 0.3 is 0 Å². The van der Waals surface area contributed by atoms with Gasteiger partial charge in [0.05, 0.1) is 17.8 Å². The minimum atomic E-state index is 0.484. The van der Waals surface area contributed by atoms with Crippen LogP contribution in [-0.2, 0) is 0 Å². The number of aromatic nitrogens is 2. The predicted molar refractivity (Wildman–Crippen MR) is 74.4 cm³/mol. The van der Waals surface area contributed by atoms with Crippen LogP contribution in [0.2, 0.25) is 0 Å². The van der Waals surface area contributed by atoms with E-state index in [2.05, 4.69) is 34.0 Å². The summed E-state index contributed by atoms with van der Waals surface area (Å²) in [5.41, 5.74) is 7.22. The lowest BCUT2D eigenvalue weighted by Crippen LogP contribution is -2.26. The average Bonchev–Trinajstić information content (AvgIpc) is 2.69. The first-order valence-electron chi connectivity index (χ1n) is 7.02. The Morgan fingerprint density at radius 2 is 2.00 bits per heavy atom. The molecule has 3 nitrogen and oxygen atoms in total. The fourth-order valence-corrected chi connectivity index (χ4v) is 3.22. The second kappa shape index (κ2) is 5.11. The van der Waals surface area contributed by atoms with Crippen molar-refractivity contribution in [2.24, 2.45) is 11.7 Å². The maximum Gasteiger partial charge on any atom is 0.0685 e. The first-order chi connectivity index (χ1) is 8.90. The molecule has 1 aliphatic carbocycles. The smallest absolute Gasteiger partial charge is 0.0685 e. The molecule has 0 spiro atoms. The largest absolute Gasteiger partial charge is 0.330 e. The van der Waals surface area contributed by atoms with E-state index in [1.165, 1.54) is 43.0 Å². The monoisotopic (exact) mass is 243 g/mol. The van der Waals surface area contributed by atoms with Gasteiger partial charge < -0.3 is 5.73 Å². The molecule has 18 heavy (non-hydrogen) atoms. The molecule has 1 aromatic carbocycles. The van der Waals surface area contributed by atoms with Crippen LogP contribution in [0.15, 0.2) is 30.5 Å². The van der Waals surface area contributed by atoms with Gasteiger partial charge in [-0.2, -0.15) is 5.10 Å². The molecule has 2 aromatic rings. The molecular weight excluding hydrogens is 222 g/mol. The summed E-state index contributed by atoms with van der Waals surface area (Å²) in [6.07, 6.45) is 8.40. The number of benzene rings is 1. The van der Waals surface area contributed by atoms with E-state index in [-0.39, 0.29) is 0 Å². The number of hydrogen-bond donors (Lipinski definition) is 1. The summed E-state index contributed by atoms with van der Waals surface area (Å²) < 4.78 is 2.22. The molecule has 0 radical (unpaired) electrons. The zero-order valence-corrected chi connectivity index (χ0v) is 10.8. The van der Waals surface area contributed by atoms with Crippen molar-refractivity contribution in [3.63, 3.8) is 0 Å². The second-order valence-electron chi connectivity index (χ2n) is 5.35. The normalized spacial score (nSPS) is 25.2. The molecule has 2 N–H and O–H groups in total. The first-order valence-corrected chi connectivity index (χ1v) is 7.02. The van der Waals surface area contributed by atoms with Crippen molar-refractivity contribution >= 4 is 10.9 Å². The number of rotatable bonds is 2. The van der Waals surface area contributed by atoms with Crippen LogP contribution in [-0.4, -0.2) is 16.3 Å². The highest BCUT2D eigenvalue weighted by Gasteiger charge is 2.25. The van der Waals surface area contributed by atoms with E-state index >= 15 is 0 Å². The molecule has 3 rings (SSSR count). The van der Waals surface area contributed by atoms with E-state index in [4.69, 9.17) is 5.73 Å². The Kier molecular flexibility index (Phi) is 3.33. The van der Waals surface area contributed by atoms with Gasteiger partial charge in [-0.25, -0.2) is 0 Å². The Labute approximate surface area is 108 Å². The van der Waals surface area contributed by atoms with Crippen molar-refractivity contribution in [3.05, 3.63) is 30.5 Å². The zero-order chi connectivity index (χ0) is 12.4. The Hall–Kier alpha value is -1.35. The Bertz CT molecular complexity index is 517. The number of fused-ring (bicyclic) bond motifs is 1. The fraction of sp³-hybridized carbons (Fsp3) is 0.533. The lowest BCUT2D eigenvalue weighted by atomic mass is 9.95. The van der Waals surface area contributed by atoms with Gasteiger partial charge in [-0.1, -0.05) is 37.5 Å². The standard InChI is InChI=1S/C15H21N3/c16-10-12-6-2-1-3-8-14(12)18-15-9-5-4-7-13(15)11-17-18/h4-5,7,9,11-12,14H,1-3,6,8,10,16H2. The van der Waals surface area contributed by atoms with Crippen LogP contribution in [0.4, 0.5) is 0 Å². The maximum absolute atomic E-state index is 5.97. The van der Waals surface area contributed by atoms with Crippen molar-refractivity contribution in [2.45, 2.75) is 38.1 Å². The average molecular weight is 243 g/mol. The lowest BCUT2D eigenvalue weighted by molar-refractivity contribution is 0.302. The molecule has 0 amide bonds. The van der Waals surface area contributed by atoms with Crippen molar-refractivity contribution in [1.82, 2.24) is 9.78 Å². The summed E-state index contributed by atoms with van der Waals surface area (Å²) in [5, 5.41) is 5.85.